The molecule has 2 saturated heterocycles. The van der Waals surface area contributed by atoms with Crippen LogP contribution in [0.1, 0.15) is 24.3 Å². The summed E-state index contributed by atoms with van der Waals surface area (Å²) >= 11 is 5.87. The Labute approximate surface area is 112 Å². The molecule has 2 unspecified atom stereocenters. The summed E-state index contributed by atoms with van der Waals surface area (Å²) in [4.78, 5) is 17.5. The molecule has 0 aliphatic carbocycles. The molecule has 3 rings (SSSR count). The number of H-pyrrole nitrogens is 1. The van der Waals surface area contributed by atoms with Crippen LogP contribution in [0.2, 0.25) is 5.02 Å². The largest absolute Gasteiger partial charge is 0.356 e. The first-order valence-electron chi connectivity index (χ1n) is 6.37. The van der Waals surface area contributed by atoms with Crippen LogP contribution in [0.25, 0.3) is 0 Å². The van der Waals surface area contributed by atoms with E-state index in [0.717, 1.165) is 19.6 Å². The molecule has 5 heteroatoms. The first kappa shape index (κ1) is 12.1. The fourth-order valence-corrected chi connectivity index (χ4v) is 3.57. The molecule has 0 aromatic carbocycles. The lowest BCUT2D eigenvalue weighted by atomic mass is 9.85. The van der Waals surface area contributed by atoms with Crippen molar-refractivity contribution in [3.05, 3.63) is 23.0 Å². The van der Waals surface area contributed by atoms with Crippen molar-refractivity contribution in [2.24, 2.45) is 11.8 Å². The SMILES string of the molecule is CC1(C)C2CNCC2CN1C(=O)c1cc(Cl)c[nH]1. The zero-order chi connectivity index (χ0) is 12.9. The number of carbonyl (C=O) groups excluding carboxylic acids is 1. The van der Waals surface area contributed by atoms with Crippen molar-refractivity contribution in [1.29, 1.82) is 0 Å². The van der Waals surface area contributed by atoms with Gasteiger partial charge < -0.3 is 15.2 Å². The minimum atomic E-state index is -0.0944. The molecule has 2 fully saturated rings. The Hall–Kier alpha value is -1.00. The quantitative estimate of drug-likeness (QED) is 0.814. The number of likely N-dealkylation sites (tertiary alicyclic amines) is 1. The molecule has 1 aromatic heterocycles. The van der Waals surface area contributed by atoms with E-state index in [4.69, 9.17) is 11.6 Å². The predicted molar refractivity (Wildman–Crippen MR) is 70.8 cm³/mol. The van der Waals surface area contributed by atoms with Crippen LogP contribution in [-0.2, 0) is 0 Å². The highest BCUT2D eigenvalue weighted by Crippen LogP contribution is 2.41. The second kappa shape index (κ2) is 4.00. The third-order valence-electron chi connectivity index (χ3n) is 4.48. The van der Waals surface area contributed by atoms with Gasteiger partial charge in [0.15, 0.2) is 0 Å². The summed E-state index contributed by atoms with van der Waals surface area (Å²) in [7, 11) is 0. The van der Waals surface area contributed by atoms with Gasteiger partial charge >= 0.3 is 0 Å². The zero-order valence-electron chi connectivity index (χ0n) is 10.7. The first-order valence-corrected chi connectivity index (χ1v) is 6.74. The predicted octanol–water partition coefficient (Wildman–Crippen LogP) is 1.74. The maximum Gasteiger partial charge on any atom is 0.270 e. The van der Waals surface area contributed by atoms with E-state index >= 15 is 0 Å². The number of fused-ring (bicyclic) bond motifs is 1. The highest BCUT2D eigenvalue weighted by Gasteiger charge is 2.51. The van der Waals surface area contributed by atoms with Gasteiger partial charge in [0.25, 0.3) is 5.91 Å². The molecule has 0 spiro atoms. The fraction of sp³-hybridized carbons (Fsp3) is 0.615. The average molecular weight is 268 g/mol. The highest BCUT2D eigenvalue weighted by molar-refractivity contribution is 6.30. The van der Waals surface area contributed by atoms with Crippen molar-refractivity contribution in [2.45, 2.75) is 19.4 Å². The van der Waals surface area contributed by atoms with E-state index in [-0.39, 0.29) is 11.4 Å². The number of amides is 1. The normalized spacial score (nSPS) is 29.6. The molecule has 0 saturated carbocycles. The lowest BCUT2D eigenvalue weighted by Gasteiger charge is -2.35. The summed E-state index contributed by atoms with van der Waals surface area (Å²) in [5.41, 5.74) is 0.490. The van der Waals surface area contributed by atoms with Crippen molar-refractivity contribution < 1.29 is 4.79 Å². The number of carbonyl (C=O) groups is 1. The van der Waals surface area contributed by atoms with Crippen LogP contribution in [0.3, 0.4) is 0 Å². The summed E-state index contributed by atoms with van der Waals surface area (Å²) in [6, 6.07) is 1.70. The average Bonchev–Trinajstić information content (AvgIpc) is 2.96. The molecule has 2 aliphatic heterocycles. The molecular formula is C13H18ClN3O. The van der Waals surface area contributed by atoms with Gasteiger partial charge in [-0.3, -0.25) is 4.79 Å². The Morgan fingerprint density at radius 2 is 2.28 bits per heavy atom. The number of rotatable bonds is 1. The van der Waals surface area contributed by atoms with Crippen LogP contribution in [-0.4, -0.2) is 41.0 Å². The fourth-order valence-electron chi connectivity index (χ4n) is 3.40. The van der Waals surface area contributed by atoms with Crippen LogP contribution in [0.5, 0.6) is 0 Å². The van der Waals surface area contributed by atoms with Crippen molar-refractivity contribution >= 4 is 17.5 Å². The molecule has 2 N–H and O–H groups in total. The van der Waals surface area contributed by atoms with E-state index in [9.17, 15) is 4.79 Å². The molecule has 3 heterocycles. The molecule has 0 radical (unpaired) electrons. The van der Waals surface area contributed by atoms with Gasteiger partial charge in [0.05, 0.1) is 5.02 Å². The minimum absolute atomic E-state index is 0.0568. The Morgan fingerprint density at radius 1 is 1.50 bits per heavy atom. The number of hydrogen-bond acceptors (Lipinski definition) is 2. The third-order valence-corrected chi connectivity index (χ3v) is 4.70. The third kappa shape index (κ3) is 1.67. The number of nitrogens with zero attached hydrogens (tertiary/aromatic N) is 1. The molecule has 0 bridgehead atoms. The zero-order valence-corrected chi connectivity index (χ0v) is 11.4. The first-order chi connectivity index (χ1) is 8.50. The van der Waals surface area contributed by atoms with Crippen LogP contribution >= 0.6 is 11.6 Å². The van der Waals surface area contributed by atoms with Gasteiger partial charge in [0.1, 0.15) is 5.69 Å². The van der Waals surface area contributed by atoms with Gasteiger partial charge in [-0.25, -0.2) is 0 Å². The summed E-state index contributed by atoms with van der Waals surface area (Å²) < 4.78 is 0. The summed E-state index contributed by atoms with van der Waals surface area (Å²) in [6.07, 6.45) is 1.65. The summed E-state index contributed by atoms with van der Waals surface area (Å²) in [6.45, 7) is 7.18. The number of aromatic nitrogens is 1. The molecule has 98 valence electrons. The van der Waals surface area contributed by atoms with E-state index in [1.165, 1.54) is 0 Å². The maximum atomic E-state index is 12.5. The Bertz CT molecular complexity index is 482. The van der Waals surface area contributed by atoms with E-state index in [1.807, 2.05) is 4.90 Å². The Morgan fingerprint density at radius 3 is 2.89 bits per heavy atom. The minimum Gasteiger partial charge on any atom is -0.356 e. The van der Waals surface area contributed by atoms with Crippen LogP contribution in [0.4, 0.5) is 0 Å². The second-order valence-electron chi connectivity index (χ2n) is 5.83. The number of nitrogens with one attached hydrogen (secondary N) is 2. The van der Waals surface area contributed by atoms with Crippen molar-refractivity contribution in [3.63, 3.8) is 0 Å². The summed E-state index contributed by atoms with van der Waals surface area (Å²) in [5, 5.41) is 4.00. The van der Waals surface area contributed by atoms with Gasteiger partial charge in [-0.2, -0.15) is 0 Å². The molecule has 1 amide bonds. The van der Waals surface area contributed by atoms with Crippen molar-refractivity contribution in [2.75, 3.05) is 19.6 Å². The second-order valence-corrected chi connectivity index (χ2v) is 6.26. The van der Waals surface area contributed by atoms with Crippen molar-refractivity contribution in [1.82, 2.24) is 15.2 Å². The van der Waals surface area contributed by atoms with Crippen LogP contribution in [0.15, 0.2) is 12.3 Å². The number of aromatic amines is 1. The van der Waals surface area contributed by atoms with Gasteiger partial charge in [-0.15, -0.1) is 0 Å². The molecule has 1 aromatic rings. The van der Waals surface area contributed by atoms with Crippen LogP contribution < -0.4 is 5.32 Å². The van der Waals surface area contributed by atoms with Crippen LogP contribution in [0, 0.1) is 11.8 Å². The van der Waals surface area contributed by atoms with E-state index in [0.29, 0.717) is 22.6 Å². The lowest BCUT2D eigenvalue weighted by molar-refractivity contribution is 0.0598. The number of halogens is 1. The molecule has 2 aliphatic rings. The lowest BCUT2D eigenvalue weighted by Crippen LogP contribution is -2.47. The Balaban J connectivity index is 1.87. The topological polar surface area (TPSA) is 48.1 Å². The van der Waals surface area contributed by atoms with E-state index < -0.39 is 0 Å². The van der Waals surface area contributed by atoms with Gasteiger partial charge in [0.2, 0.25) is 0 Å². The van der Waals surface area contributed by atoms with Crippen molar-refractivity contribution in [3.8, 4) is 0 Å². The standard InChI is InChI=1S/C13H18ClN3O/c1-13(2)10-6-15-4-8(10)7-17(13)12(18)11-3-9(14)5-16-11/h3,5,8,10,15-16H,4,6-7H2,1-2H3. The van der Waals surface area contributed by atoms with Gasteiger partial charge in [-0.1, -0.05) is 11.6 Å². The van der Waals surface area contributed by atoms with Gasteiger partial charge in [0, 0.05) is 31.4 Å². The molecule has 18 heavy (non-hydrogen) atoms. The monoisotopic (exact) mass is 267 g/mol. The smallest absolute Gasteiger partial charge is 0.270 e. The van der Waals surface area contributed by atoms with E-state index in [2.05, 4.69) is 24.1 Å². The molecule has 2 atom stereocenters. The summed E-state index contributed by atoms with van der Waals surface area (Å²) in [5.74, 6) is 1.18. The maximum absolute atomic E-state index is 12.5. The van der Waals surface area contributed by atoms with E-state index in [1.54, 1.807) is 12.3 Å². The highest BCUT2D eigenvalue weighted by atomic mass is 35.5. The Kier molecular flexibility index (Phi) is 2.68. The molecule has 4 nitrogen and oxygen atoms in total. The molecular weight excluding hydrogens is 250 g/mol. The van der Waals surface area contributed by atoms with Gasteiger partial charge in [-0.05, 0) is 31.7 Å². The number of hydrogen-bond donors (Lipinski definition) is 2.